The maximum Gasteiger partial charge on any atom is 0.185 e. The number of ketones is 1. The molecule has 0 aliphatic rings. The Balaban J connectivity index is 2.21. The standard InChI is InChI=1S/C25H32O4/c1-5-7-15-28-24-18-25(29-16-8-6-2)21(17-19(24)3)11-14-23(26)20-9-12-22(27-4)13-10-20/h9-14,17-18H,5-8,15-16H2,1-4H3. The number of hydrogen-bond acceptors (Lipinski definition) is 4. The van der Waals surface area contributed by atoms with Crippen molar-refractivity contribution in [1.82, 2.24) is 0 Å². The molecule has 0 fully saturated rings. The van der Waals surface area contributed by atoms with Gasteiger partial charge in [-0.25, -0.2) is 0 Å². The van der Waals surface area contributed by atoms with Crippen LogP contribution in [0.3, 0.4) is 0 Å². The van der Waals surface area contributed by atoms with E-state index in [9.17, 15) is 4.79 Å². The average Bonchev–Trinajstić information content (AvgIpc) is 2.74. The van der Waals surface area contributed by atoms with Crippen molar-refractivity contribution in [2.45, 2.75) is 46.5 Å². The third-order valence-electron chi connectivity index (χ3n) is 4.61. The Morgan fingerprint density at radius 1 is 0.931 bits per heavy atom. The van der Waals surface area contributed by atoms with E-state index >= 15 is 0 Å². The van der Waals surface area contributed by atoms with Crippen LogP contribution >= 0.6 is 0 Å². The van der Waals surface area contributed by atoms with Gasteiger partial charge in [-0.15, -0.1) is 0 Å². The van der Waals surface area contributed by atoms with Crippen LogP contribution in [-0.4, -0.2) is 26.1 Å². The van der Waals surface area contributed by atoms with Crippen LogP contribution in [0.1, 0.15) is 61.0 Å². The molecule has 29 heavy (non-hydrogen) atoms. The number of rotatable bonds is 12. The molecule has 2 rings (SSSR count). The Bertz CT molecular complexity index is 806. The summed E-state index contributed by atoms with van der Waals surface area (Å²) in [6.45, 7) is 7.62. The van der Waals surface area contributed by atoms with Crippen molar-refractivity contribution in [3.05, 3.63) is 59.2 Å². The van der Waals surface area contributed by atoms with E-state index in [1.54, 1.807) is 37.5 Å². The van der Waals surface area contributed by atoms with E-state index in [-0.39, 0.29) is 5.78 Å². The van der Waals surface area contributed by atoms with Crippen molar-refractivity contribution in [1.29, 1.82) is 0 Å². The minimum Gasteiger partial charge on any atom is -0.497 e. The van der Waals surface area contributed by atoms with Gasteiger partial charge >= 0.3 is 0 Å². The highest BCUT2D eigenvalue weighted by Gasteiger charge is 2.10. The summed E-state index contributed by atoms with van der Waals surface area (Å²) in [7, 11) is 1.61. The molecule has 0 amide bonds. The Morgan fingerprint density at radius 2 is 1.55 bits per heavy atom. The second kappa shape index (κ2) is 11.9. The predicted octanol–water partition coefficient (Wildman–Crippen LogP) is 6.26. The summed E-state index contributed by atoms with van der Waals surface area (Å²) in [5.74, 6) is 2.25. The first-order valence-electron chi connectivity index (χ1n) is 10.4. The number of benzene rings is 2. The molecule has 0 aliphatic carbocycles. The number of methoxy groups -OCH3 is 1. The third-order valence-corrected chi connectivity index (χ3v) is 4.61. The molecular weight excluding hydrogens is 364 g/mol. The molecule has 0 bridgehead atoms. The van der Waals surface area contributed by atoms with Crippen molar-refractivity contribution >= 4 is 11.9 Å². The van der Waals surface area contributed by atoms with Gasteiger partial charge in [0, 0.05) is 17.2 Å². The van der Waals surface area contributed by atoms with Crippen molar-refractivity contribution in [2.75, 3.05) is 20.3 Å². The Kier molecular flexibility index (Phi) is 9.29. The first-order chi connectivity index (χ1) is 14.1. The number of ether oxygens (including phenoxy) is 3. The topological polar surface area (TPSA) is 44.8 Å². The van der Waals surface area contributed by atoms with Crippen molar-refractivity contribution in [3.63, 3.8) is 0 Å². The lowest BCUT2D eigenvalue weighted by molar-refractivity contribution is 0.104. The van der Waals surface area contributed by atoms with E-state index in [0.717, 1.165) is 54.1 Å². The summed E-state index contributed by atoms with van der Waals surface area (Å²) in [4.78, 5) is 12.5. The molecule has 156 valence electrons. The maximum atomic E-state index is 12.5. The van der Waals surface area contributed by atoms with Crippen LogP contribution in [0.5, 0.6) is 17.2 Å². The number of carbonyl (C=O) groups is 1. The van der Waals surface area contributed by atoms with Crippen LogP contribution in [0.2, 0.25) is 0 Å². The molecule has 0 aliphatic heterocycles. The molecule has 0 spiro atoms. The molecule has 4 nitrogen and oxygen atoms in total. The van der Waals surface area contributed by atoms with Gasteiger partial charge in [0.1, 0.15) is 17.2 Å². The third kappa shape index (κ3) is 6.97. The van der Waals surface area contributed by atoms with Gasteiger partial charge < -0.3 is 14.2 Å². The molecule has 0 N–H and O–H groups in total. The second-order valence-electron chi connectivity index (χ2n) is 6.99. The summed E-state index contributed by atoms with van der Waals surface area (Å²) < 4.78 is 17.0. The van der Waals surface area contributed by atoms with E-state index in [0.29, 0.717) is 18.8 Å². The molecule has 0 radical (unpaired) electrons. The molecule has 0 aromatic heterocycles. The number of hydrogen-bond donors (Lipinski definition) is 0. The van der Waals surface area contributed by atoms with Crippen molar-refractivity contribution < 1.29 is 19.0 Å². The molecule has 0 saturated carbocycles. The second-order valence-corrected chi connectivity index (χ2v) is 6.99. The molecule has 0 saturated heterocycles. The number of allylic oxidation sites excluding steroid dienone is 1. The van der Waals surface area contributed by atoms with Crippen LogP contribution in [0, 0.1) is 6.92 Å². The molecule has 0 atom stereocenters. The van der Waals surface area contributed by atoms with Crippen LogP contribution in [0.15, 0.2) is 42.5 Å². The highest BCUT2D eigenvalue weighted by Crippen LogP contribution is 2.30. The van der Waals surface area contributed by atoms with Gasteiger partial charge in [-0.05, 0) is 67.8 Å². The van der Waals surface area contributed by atoms with E-state index in [1.165, 1.54) is 0 Å². The van der Waals surface area contributed by atoms with Gasteiger partial charge in [0.05, 0.1) is 20.3 Å². The summed E-state index contributed by atoms with van der Waals surface area (Å²) in [5, 5.41) is 0. The van der Waals surface area contributed by atoms with E-state index in [2.05, 4.69) is 13.8 Å². The Hall–Kier alpha value is -2.75. The maximum absolute atomic E-state index is 12.5. The zero-order chi connectivity index (χ0) is 21.1. The largest absolute Gasteiger partial charge is 0.497 e. The summed E-state index contributed by atoms with van der Waals surface area (Å²) >= 11 is 0. The zero-order valence-corrected chi connectivity index (χ0v) is 18.0. The van der Waals surface area contributed by atoms with Crippen molar-refractivity contribution in [3.8, 4) is 17.2 Å². The quantitative estimate of drug-likeness (QED) is 0.241. The lowest BCUT2D eigenvalue weighted by atomic mass is 10.1. The molecular formula is C25H32O4. The highest BCUT2D eigenvalue weighted by molar-refractivity contribution is 6.07. The zero-order valence-electron chi connectivity index (χ0n) is 18.0. The number of aryl methyl sites for hydroxylation is 1. The monoisotopic (exact) mass is 396 g/mol. The van der Waals surface area contributed by atoms with Crippen LogP contribution in [-0.2, 0) is 0 Å². The Morgan fingerprint density at radius 3 is 2.14 bits per heavy atom. The lowest BCUT2D eigenvalue weighted by Gasteiger charge is -2.14. The lowest BCUT2D eigenvalue weighted by Crippen LogP contribution is -2.02. The van der Waals surface area contributed by atoms with Crippen molar-refractivity contribution in [2.24, 2.45) is 0 Å². The van der Waals surface area contributed by atoms with E-state index < -0.39 is 0 Å². The molecule has 0 heterocycles. The first kappa shape index (κ1) is 22.5. The molecule has 2 aromatic carbocycles. The minimum absolute atomic E-state index is 0.0620. The van der Waals surface area contributed by atoms with Gasteiger partial charge in [-0.3, -0.25) is 4.79 Å². The van der Waals surface area contributed by atoms with Gasteiger partial charge in [0.2, 0.25) is 0 Å². The summed E-state index contributed by atoms with van der Waals surface area (Å²) in [5.41, 5.74) is 2.52. The summed E-state index contributed by atoms with van der Waals surface area (Å²) in [6.07, 6.45) is 7.55. The van der Waals surface area contributed by atoms with E-state index in [4.69, 9.17) is 14.2 Å². The average molecular weight is 397 g/mol. The fraction of sp³-hybridized carbons (Fsp3) is 0.400. The predicted molar refractivity (Wildman–Crippen MR) is 118 cm³/mol. The molecule has 4 heteroatoms. The van der Waals surface area contributed by atoms with Gasteiger partial charge in [-0.1, -0.05) is 26.7 Å². The Labute approximate surface area is 174 Å². The normalized spacial score (nSPS) is 10.9. The summed E-state index contributed by atoms with van der Waals surface area (Å²) in [6, 6.07) is 11.1. The van der Waals surface area contributed by atoms with Crippen LogP contribution < -0.4 is 14.2 Å². The van der Waals surface area contributed by atoms with E-state index in [1.807, 2.05) is 25.1 Å². The number of carbonyl (C=O) groups excluding carboxylic acids is 1. The fourth-order valence-electron chi connectivity index (χ4n) is 2.77. The first-order valence-corrected chi connectivity index (χ1v) is 10.4. The highest BCUT2D eigenvalue weighted by atomic mass is 16.5. The molecule has 0 unspecified atom stereocenters. The minimum atomic E-state index is -0.0620. The van der Waals surface area contributed by atoms with Gasteiger partial charge in [0.25, 0.3) is 0 Å². The smallest absolute Gasteiger partial charge is 0.185 e. The number of unbranched alkanes of at least 4 members (excludes halogenated alkanes) is 2. The van der Waals surface area contributed by atoms with Crippen LogP contribution in [0.4, 0.5) is 0 Å². The van der Waals surface area contributed by atoms with Gasteiger partial charge in [0.15, 0.2) is 5.78 Å². The fourth-order valence-corrected chi connectivity index (χ4v) is 2.77. The SMILES string of the molecule is CCCCOc1cc(OCCCC)c(C=CC(=O)c2ccc(OC)cc2)cc1C. The molecule has 2 aromatic rings. The van der Waals surface area contributed by atoms with Gasteiger partial charge in [-0.2, -0.15) is 0 Å². The van der Waals surface area contributed by atoms with Crippen LogP contribution in [0.25, 0.3) is 6.08 Å².